The third-order valence-corrected chi connectivity index (χ3v) is 2.48. The summed E-state index contributed by atoms with van der Waals surface area (Å²) >= 11 is 0. The Morgan fingerprint density at radius 2 is 2.00 bits per heavy atom. The number of nitro groups is 1. The molecule has 12 heavy (non-hydrogen) atoms. The molecule has 0 heterocycles. The summed E-state index contributed by atoms with van der Waals surface area (Å²) in [6, 6.07) is 0. The molecule has 0 saturated heterocycles. The van der Waals surface area contributed by atoms with Crippen molar-refractivity contribution in [1.82, 2.24) is 0 Å². The smallest absolute Gasteiger partial charge is 0.229 e. The van der Waals surface area contributed by atoms with Crippen molar-refractivity contribution in [2.75, 3.05) is 6.54 Å². The first-order valence-corrected chi connectivity index (χ1v) is 4.28. The zero-order valence-corrected chi connectivity index (χ0v) is 7.86. The lowest BCUT2D eigenvalue weighted by Crippen LogP contribution is -2.30. The van der Waals surface area contributed by atoms with E-state index in [-0.39, 0.29) is 12.5 Å². The van der Waals surface area contributed by atoms with Crippen LogP contribution in [0.1, 0.15) is 27.2 Å². The van der Waals surface area contributed by atoms with Crippen LogP contribution in [-0.4, -0.2) is 22.7 Å². The van der Waals surface area contributed by atoms with E-state index in [1.54, 1.807) is 0 Å². The Morgan fingerprint density at radius 1 is 1.50 bits per heavy atom. The Balaban J connectivity index is 3.91. The van der Waals surface area contributed by atoms with E-state index in [9.17, 15) is 15.2 Å². The molecule has 3 unspecified atom stereocenters. The number of hydrogen-bond acceptors (Lipinski definition) is 3. The zero-order chi connectivity index (χ0) is 9.72. The number of aliphatic hydroxyl groups excluding tert-OH is 1. The monoisotopic (exact) mass is 175 g/mol. The van der Waals surface area contributed by atoms with E-state index in [4.69, 9.17) is 0 Å². The first-order valence-electron chi connectivity index (χ1n) is 4.28. The minimum absolute atomic E-state index is 0.000370. The average Bonchev–Trinajstić information content (AvgIpc) is 2.00. The molecule has 0 amide bonds. The van der Waals surface area contributed by atoms with Gasteiger partial charge in [-0.2, -0.15) is 0 Å². The molecule has 0 aromatic heterocycles. The summed E-state index contributed by atoms with van der Waals surface area (Å²) in [6.45, 7) is 5.52. The molecule has 0 fully saturated rings. The standard InChI is InChI=1S/C8H17NO3/c1-4-6(2)7(3)8(10)5-9(11)12/h6-8,10H,4-5H2,1-3H3. The van der Waals surface area contributed by atoms with Crippen LogP contribution in [0, 0.1) is 22.0 Å². The summed E-state index contributed by atoms with van der Waals surface area (Å²) in [5.41, 5.74) is 0. The zero-order valence-electron chi connectivity index (χ0n) is 7.86. The number of aliphatic hydroxyl groups is 1. The number of rotatable bonds is 5. The van der Waals surface area contributed by atoms with Gasteiger partial charge >= 0.3 is 0 Å². The highest BCUT2D eigenvalue weighted by molar-refractivity contribution is 4.68. The second-order valence-corrected chi connectivity index (χ2v) is 3.33. The molecule has 4 heteroatoms. The van der Waals surface area contributed by atoms with Crippen LogP contribution in [0.15, 0.2) is 0 Å². The molecule has 1 N–H and O–H groups in total. The normalized spacial score (nSPS) is 18.3. The molecule has 0 rings (SSSR count). The Labute approximate surface area is 72.7 Å². The minimum atomic E-state index is -0.810. The Hall–Kier alpha value is -0.640. The Morgan fingerprint density at radius 3 is 2.33 bits per heavy atom. The summed E-state index contributed by atoms with van der Waals surface area (Å²) in [5.74, 6) is 0.334. The Kier molecular flexibility index (Phi) is 4.81. The molecule has 0 aliphatic rings. The first-order chi connectivity index (χ1) is 5.49. The fourth-order valence-corrected chi connectivity index (χ4v) is 1.07. The highest BCUT2D eigenvalue weighted by Crippen LogP contribution is 2.18. The van der Waals surface area contributed by atoms with Crippen molar-refractivity contribution in [3.8, 4) is 0 Å². The molecule has 0 aliphatic heterocycles. The maximum atomic E-state index is 10.1. The van der Waals surface area contributed by atoms with Crippen LogP contribution in [0.2, 0.25) is 0 Å². The lowest BCUT2D eigenvalue weighted by Gasteiger charge is -2.21. The van der Waals surface area contributed by atoms with Crippen LogP contribution < -0.4 is 0 Å². The molecular weight excluding hydrogens is 158 g/mol. The summed E-state index contributed by atoms with van der Waals surface area (Å²) in [4.78, 5) is 9.60. The fraction of sp³-hybridized carbons (Fsp3) is 1.00. The predicted molar refractivity (Wildman–Crippen MR) is 46.5 cm³/mol. The van der Waals surface area contributed by atoms with Gasteiger partial charge in [0.1, 0.15) is 6.10 Å². The lowest BCUT2D eigenvalue weighted by molar-refractivity contribution is -0.492. The number of hydrogen-bond donors (Lipinski definition) is 1. The van der Waals surface area contributed by atoms with Gasteiger partial charge in [0.05, 0.1) is 0 Å². The topological polar surface area (TPSA) is 63.4 Å². The van der Waals surface area contributed by atoms with Crippen LogP contribution in [0.25, 0.3) is 0 Å². The quantitative estimate of drug-likeness (QED) is 0.506. The molecule has 0 bridgehead atoms. The first kappa shape index (κ1) is 11.4. The highest BCUT2D eigenvalue weighted by Gasteiger charge is 2.23. The molecule has 4 nitrogen and oxygen atoms in total. The van der Waals surface area contributed by atoms with Gasteiger partial charge in [0, 0.05) is 4.92 Å². The van der Waals surface area contributed by atoms with Crippen molar-refractivity contribution in [1.29, 1.82) is 0 Å². The lowest BCUT2D eigenvalue weighted by atomic mass is 9.89. The van der Waals surface area contributed by atoms with Crippen molar-refractivity contribution < 1.29 is 10.0 Å². The van der Waals surface area contributed by atoms with Gasteiger partial charge in [-0.05, 0) is 11.8 Å². The summed E-state index contributed by atoms with van der Waals surface area (Å²) < 4.78 is 0. The van der Waals surface area contributed by atoms with Gasteiger partial charge in [-0.3, -0.25) is 10.1 Å². The van der Waals surface area contributed by atoms with Crippen molar-refractivity contribution in [2.24, 2.45) is 11.8 Å². The van der Waals surface area contributed by atoms with E-state index < -0.39 is 11.0 Å². The maximum Gasteiger partial charge on any atom is 0.229 e. The molecule has 0 aromatic rings. The van der Waals surface area contributed by atoms with E-state index >= 15 is 0 Å². The predicted octanol–water partition coefficient (Wildman–Crippen LogP) is 1.31. The Bertz CT molecular complexity index is 149. The molecule has 0 aromatic carbocycles. The van der Waals surface area contributed by atoms with Crippen LogP contribution in [0.3, 0.4) is 0 Å². The van der Waals surface area contributed by atoms with Gasteiger partial charge in [-0.25, -0.2) is 0 Å². The largest absolute Gasteiger partial charge is 0.386 e. The highest BCUT2D eigenvalue weighted by atomic mass is 16.6. The molecule has 0 spiro atoms. The molecular formula is C8H17NO3. The van der Waals surface area contributed by atoms with E-state index in [0.29, 0.717) is 5.92 Å². The van der Waals surface area contributed by atoms with Gasteiger partial charge in [0.2, 0.25) is 6.54 Å². The van der Waals surface area contributed by atoms with Crippen molar-refractivity contribution >= 4 is 0 Å². The van der Waals surface area contributed by atoms with Crippen LogP contribution in [0.5, 0.6) is 0 Å². The van der Waals surface area contributed by atoms with Gasteiger partial charge in [0.25, 0.3) is 0 Å². The summed E-state index contributed by atoms with van der Waals surface area (Å²) in [5, 5.41) is 19.4. The molecule has 3 atom stereocenters. The fourth-order valence-electron chi connectivity index (χ4n) is 1.07. The van der Waals surface area contributed by atoms with E-state index in [0.717, 1.165) is 6.42 Å². The number of nitrogens with zero attached hydrogens (tertiary/aromatic N) is 1. The van der Waals surface area contributed by atoms with Crippen LogP contribution >= 0.6 is 0 Å². The second-order valence-electron chi connectivity index (χ2n) is 3.33. The van der Waals surface area contributed by atoms with Crippen LogP contribution in [-0.2, 0) is 0 Å². The molecule has 0 aliphatic carbocycles. The van der Waals surface area contributed by atoms with Gasteiger partial charge in [-0.1, -0.05) is 27.2 Å². The van der Waals surface area contributed by atoms with E-state index in [1.165, 1.54) is 0 Å². The third-order valence-electron chi connectivity index (χ3n) is 2.48. The van der Waals surface area contributed by atoms with Crippen molar-refractivity contribution in [3.63, 3.8) is 0 Å². The van der Waals surface area contributed by atoms with Crippen LogP contribution in [0.4, 0.5) is 0 Å². The van der Waals surface area contributed by atoms with Gasteiger partial charge in [0.15, 0.2) is 0 Å². The third kappa shape index (κ3) is 3.67. The van der Waals surface area contributed by atoms with Gasteiger partial charge < -0.3 is 5.11 Å². The van der Waals surface area contributed by atoms with E-state index in [1.807, 2.05) is 20.8 Å². The summed E-state index contributed by atoms with van der Waals surface area (Å²) in [6.07, 6.45) is 0.130. The molecule has 0 radical (unpaired) electrons. The van der Waals surface area contributed by atoms with Crippen molar-refractivity contribution in [2.45, 2.75) is 33.3 Å². The average molecular weight is 175 g/mol. The maximum absolute atomic E-state index is 10.1. The van der Waals surface area contributed by atoms with Crippen molar-refractivity contribution in [3.05, 3.63) is 10.1 Å². The van der Waals surface area contributed by atoms with E-state index in [2.05, 4.69) is 0 Å². The SMILES string of the molecule is CCC(C)C(C)C(O)C[N+](=O)[O-]. The van der Waals surface area contributed by atoms with Gasteiger partial charge in [-0.15, -0.1) is 0 Å². The minimum Gasteiger partial charge on any atom is -0.386 e. The molecule has 0 saturated carbocycles. The summed E-state index contributed by atoms with van der Waals surface area (Å²) in [7, 11) is 0. The second kappa shape index (κ2) is 5.09. The molecule has 72 valence electrons.